The zero-order valence-electron chi connectivity index (χ0n) is 12.5. The maximum Gasteiger partial charge on any atom is 0.238 e. The molecule has 2 heterocycles. The molecule has 1 aromatic carbocycles. The van der Waals surface area contributed by atoms with E-state index >= 15 is 0 Å². The Bertz CT molecular complexity index is 795. The van der Waals surface area contributed by atoms with Crippen molar-refractivity contribution in [2.75, 3.05) is 5.32 Å². The van der Waals surface area contributed by atoms with Crippen LogP contribution < -0.4 is 5.32 Å². The molecule has 0 aliphatic heterocycles. The Morgan fingerprint density at radius 2 is 2.09 bits per heavy atom. The highest BCUT2D eigenvalue weighted by molar-refractivity contribution is 6.30. The number of halogens is 1. The molecule has 0 amide bonds. The van der Waals surface area contributed by atoms with Gasteiger partial charge in [0.15, 0.2) is 0 Å². The van der Waals surface area contributed by atoms with Crippen molar-refractivity contribution in [1.82, 2.24) is 20.0 Å². The van der Waals surface area contributed by atoms with Gasteiger partial charge in [0.2, 0.25) is 11.8 Å². The molecule has 0 aliphatic rings. The lowest BCUT2D eigenvalue weighted by Gasteiger charge is -2.11. The summed E-state index contributed by atoms with van der Waals surface area (Å²) in [7, 11) is 0. The van der Waals surface area contributed by atoms with E-state index in [1.807, 2.05) is 42.8 Å². The van der Waals surface area contributed by atoms with Crippen LogP contribution >= 0.6 is 11.6 Å². The van der Waals surface area contributed by atoms with Gasteiger partial charge in [0.1, 0.15) is 6.04 Å². The van der Waals surface area contributed by atoms with Crippen molar-refractivity contribution < 1.29 is 4.42 Å². The lowest BCUT2D eigenvalue weighted by atomic mass is 10.3. The highest BCUT2D eigenvalue weighted by atomic mass is 35.5. The van der Waals surface area contributed by atoms with Crippen molar-refractivity contribution in [2.24, 2.45) is 0 Å². The van der Waals surface area contributed by atoms with E-state index in [1.165, 1.54) is 0 Å². The SMILES string of the molecule is Cc1nnc(C(C)Nc2cnn(-c3cccc(Cl)c3)c2C)o1. The summed E-state index contributed by atoms with van der Waals surface area (Å²) in [6.07, 6.45) is 1.77. The molecule has 1 atom stereocenters. The number of nitrogens with one attached hydrogen (secondary N) is 1. The number of aryl methyl sites for hydroxylation is 1. The van der Waals surface area contributed by atoms with Crippen molar-refractivity contribution in [2.45, 2.75) is 26.8 Å². The molecule has 6 nitrogen and oxygen atoms in total. The number of anilines is 1. The number of hydrogen-bond donors (Lipinski definition) is 1. The molecule has 0 aliphatic carbocycles. The first-order valence-corrected chi connectivity index (χ1v) is 7.29. The molecule has 1 N–H and O–H groups in total. The van der Waals surface area contributed by atoms with Crippen molar-refractivity contribution in [1.29, 1.82) is 0 Å². The van der Waals surface area contributed by atoms with Crippen LogP contribution in [0.1, 0.15) is 30.4 Å². The van der Waals surface area contributed by atoms with Crippen LogP contribution in [0.2, 0.25) is 5.02 Å². The topological polar surface area (TPSA) is 68.8 Å². The van der Waals surface area contributed by atoms with Gasteiger partial charge in [-0.3, -0.25) is 0 Å². The molecule has 2 aromatic heterocycles. The number of rotatable bonds is 4. The molecule has 0 bridgehead atoms. The average molecular weight is 318 g/mol. The fourth-order valence-corrected chi connectivity index (χ4v) is 2.39. The highest BCUT2D eigenvalue weighted by Crippen LogP contribution is 2.24. The van der Waals surface area contributed by atoms with E-state index in [0.717, 1.165) is 17.1 Å². The zero-order valence-corrected chi connectivity index (χ0v) is 13.3. The van der Waals surface area contributed by atoms with Gasteiger partial charge in [-0.05, 0) is 32.0 Å². The van der Waals surface area contributed by atoms with Crippen LogP contribution in [0.4, 0.5) is 5.69 Å². The first kappa shape index (κ1) is 14.6. The summed E-state index contributed by atoms with van der Waals surface area (Å²) in [5.74, 6) is 1.10. The number of benzene rings is 1. The van der Waals surface area contributed by atoms with Crippen molar-refractivity contribution in [3.8, 4) is 5.69 Å². The van der Waals surface area contributed by atoms with Gasteiger partial charge < -0.3 is 9.73 Å². The van der Waals surface area contributed by atoms with Gasteiger partial charge in [0.05, 0.1) is 23.3 Å². The Hall–Kier alpha value is -2.34. The van der Waals surface area contributed by atoms with Crippen LogP contribution in [-0.4, -0.2) is 20.0 Å². The minimum atomic E-state index is -0.100. The smallest absolute Gasteiger partial charge is 0.238 e. The Labute approximate surface area is 133 Å². The zero-order chi connectivity index (χ0) is 15.7. The van der Waals surface area contributed by atoms with Gasteiger partial charge >= 0.3 is 0 Å². The molecule has 0 saturated carbocycles. The summed E-state index contributed by atoms with van der Waals surface area (Å²) in [5.41, 5.74) is 2.80. The fraction of sp³-hybridized carbons (Fsp3) is 0.267. The minimum absolute atomic E-state index is 0.100. The van der Waals surface area contributed by atoms with Gasteiger partial charge in [-0.2, -0.15) is 5.10 Å². The normalized spacial score (nSPS) is 12.4. The molecule has 7 heteroatoms. The Morgan fingerprint density at radius 3 is 2.77 bits per heavy atom. The van der Waals surface area contributed by atoms with Gasteiger partial charge in [0.25, 0.3) is 0 Å². The number of nitrogens with zero attached hydrogens (tertiary/aromatic N) is 4. The first-order chi connectivity index (χ1) is 10.5. The molecule has 0 fully saturated rings. The van der Waals surface area contributed by atoms with Crippen LogP contribution in [0.5, 0.6) is 0 Å². The Kier molecular flexibility index (Phi) is 3.85. The molecular weight excluding hydrogens is 302 g/mol. The quantitative estimate of drug-likeness (QED) is 0.794. The van der Waals surface area contributed by atoms with Crippen molar-refractivity contribution in [3.63, 3.8) is 0 Å². The monoisotopic (exact) mass is 317 g/mol. The average Bonchev–Trinajstić information content (AvgIpc) is 3.06. The molecule has 0 spiro atoms. The number of aromatic nitrogens is 4. The van der Waals surface area contributed by atoms with Crippen LogP contribution in [0.25, 0.3) is 5.69 Å². The Morgan fingerprint density at radius 1 is 1.27 bits per heavy atom. The predicted octanol–water partition coefficient (Wildman–Crippen LogP) is 3.70. The summed E-state index contributed by atoms with van der Waals surface area (Å²) >= 11 is 6.04. The molecule has 22 heavy (non-hydrogen) atoms. The maximum atomic E-state index is 6.04. The number of hydrogen-bond acceptors (Lipinski definition) is 5. The van der Waals surface area contributed by atoms with Gasteiger partial charge in [0, 0.05) is 11.9 Å². The van der Waals surface area contributed by atoms with E-state index in [1.54, 1.807) is 13.1 Å². The second-order valence-corrected chi connectivity index (χ2v) is 5.50. The lowest BCUT2D eigenvalue weighted by molar-refractivity contribution is 0.451. The summed E-state index contributed by atoms with van der Waals surface area (Å²) in [6, 6.07) is 7.46. The summed E-state index contributed by atoms with van der Waals surface area (Å²) in [5, 5.41) is 16.3. The third-order valence-electron chi connectivity index (χ3n) is 3.35. The molecule has 114 valence electrons. The highest BCUT2D eigenvalue weighted by Gasteiger charge is 2.15. The van der Waals surface area contributed by atoms with Gasteiger partial charge in [-0.15, -0.1) is 10.2 Å². The molecule has 3 aromatic rings. The second-order valence-electron chi connectivity index (χ2n) is 5.06. The summed E-state index contributed by atoms with van der Waals surface area (Å²) in [4.78, 5) is 0. The fourth-order valence-electron chi connectivity index (χ4n) is 2.20. The van der Waals surface area contributed by atoms with Crippen LogP contribution in [0.15, 0.2) is 34.9 Å². The standard InChI is InChI=1S/C15H16ClN5O/c1-9(15-20-19-11(3)22-15)18-14-8-17-21(10(14)2)13-6-4-5-12(16)7-13/h4-9,18H,1-3H3. The first-order valence-electron chi connectivity index (χ1n) is 6.91. The largest absolute Gasteiger partial charge is 0.423 e. The van der Waals surface area contributed by atoms with E-state index in [-0.39, 0.29) is 6.04 Å². The molecular formula is C15H16ClN5O. The van der Waals surface area contributed by atoms with Crippen LogP contribution in [0, 0.1) is 13.8 Å². The molecule has 0 radical (unpaired) electrons. The third kappa shape index (κ3) is 2.82. The Balaban J connectivity index is 1.84. The minimum Gasteiger partial charge on any atom is -0.423 e. The van der Waals surface area contributed by atoms with E-state index in [4.69, 9.17) is 16.0 Å². The van der Waals surface area contributed by atoms with Gasteiger partial charge in [-0.1, -0.05) is 17.7 Å². The third-order valence-corrected chi connectivity index (χ3v) is 3.58. The second kappa shape index (κ2) is 5.81. The summed E-state index contributed by atoms with van der Waals surface area (Å²) in [6.45, 7) is 5.72. The molecule has 0 saturated heterocycles. The van der Waals surface area contributed by atoms with E-state index in [2.05, 4.69) is 20.6 Å². The van der Waals surface area contributed by atoms with E-state index < -0.39 is 0 Å². The van der Waals surface area contributed by atoms with Crippen molar-refractivity contribution in [3.05, 3.63) is 53.0 Å². The van der Waals surface area contributed by atoms with E-state index in [0.29, 0.717) is 16.8 Å². The molecule has 1 unspecified atom stereocenters. The predicted molar refractivity (Wildman–Crippen MR) is 84.4 cm³/mol. The summed E-state index contributed by atoms with van der Waals surface area (Å²) < 4.78 is 7.27. The van der Waals surface area contributed by atoms with Crippen molar-refractivity contribution >= 4 is 17.3 Å². The maximum absolute atomic E-state index is 6.04. The van der Waals surface area contributed by atoms with Crippen LogP contribution in [0.3, 0.4) is 0 Å². The van der Waals surface area contributed by atoms with Crippen LogP contribution in [-0.2, 0) is 0 Å². The lowest BCUT2D eigenvalue weighted by Crippen LogP contribution is -2.08. The van der Waals surface area contributed by atoms with E-state index in [9.17, 15) is 0 Å². The van der Waals surface area contributed by atoms with Gasteiger partial charge in [-0.25, -0.2) is 4.68 Å². The molecule has 3 rings (SSSR count).